The second-order valence-corrected chi connectivity index (χ2v) is 8.73. The molecule has 7 nitrogen and oxygen atoms in total. The van der Waals surface area contributed by atoms with Crippen LogP contribution in [-0.2, 0) is 16.3 Å². The average Bonchev–Trinajstić information content (AvgIpc) is 2.99. The Kier molecular flexibility index (Phi) is 5.51. The Morgan fingerprint density at radius 2 is 2.04 bits per heavy atom. The van der Waals surface area contributed by atoms with Crippen molar-refractivity contribution >= 4 is 21.6 Å². The molecule has 1 N–H and O–H groups in total. The summed E-state index contributed by atoms with van der Waals surface area (Å²) in [6.07, 6.45) is 6.44. The molecule has 1 unspecified atom stereocenters. The lowest BCUT2D eigenvalue weighted by Crippen LogP contribution is -2.35. The van der Waals surface area contributed by atoms with Gasteiger partial charge in [-0.25, -0.2) is 13.4 Å². The standard InChI is InChI=1S/C18H22N4O3S/c1-22(10-5-14-2-7-19-8-3-14)17-12-15(4-9-20-17)18(23)21-16-6-11-26(24,25)13-16/h2-4,7-9,12,16H,5-6,10-11,13H2,1H3,(H,21,23). The monoisotopic (exact) mass is 374 g/mol. The molecule has 0 aliphatic carbocycles. The van der Waals surface area contributed by atoms with E-state index in [1.807, 2.05) is 24.1 Å². The van der Waals surface area contributed by atoms with Crippen molar-refractivity contribution in [1.29, 1.82) is 0 Å². The minimum absolute atomic E-state index is 0.0164. The van der Waals surface area contributed by atoms with Crippen LogP contribution in [0.1, 0.15) is 22.3 Å². The third kappa shape index (κ3) is 4.78. The van der Waals surface area contributed by atoms with Gasteiger partial charge in [-0.2, -0.15) is 0 Å². The van der Waals surface area contributed by atoms with E-state index in [0.717, 1.165) is 13.0 Å². The van der Waals surface area contributed by atoms with Crippen LogP contribution in [0.5, 0.6) is 0 Å². The SMILES string of the molecule is CN(CCc1ccncc1)c1cc(C(=O)NC2CCS(=O)(=O)C2)ccn1. The van der Waals surface area contributed by atoms with Crippen LogP contribution in [0.25, 0.3) is 0 Å². The van der Waals surface area contributed by atoms with Crippen LogP contribution in [0.2, 0.25) is 0 Å². The molecule has 0 bridgehead atoms. The van der Waals surface area contributed by atoms with E-state index in [0.29, 0.717) is 17.8 Å². The van der Waals surface area contributed by atoms with E-state index in [2.05, 4.69) is 15.3 Å². The topological polar surface area (TPSA) is 92.3 Å². The molecule has 1 atom stereocenters. The number of carbonyl (C=O) groups excluding carboxylic acids is 1. The Morgan fingerprint density at radius 3 is 2.73 bits per heavy atom. The number of likely N-dealkylation sites (N-methyl/N-ethyl adjacent to an activating group) is 1. The lowest BCUT2D eigenvalue weighted by molar-refractivity contribution is 0.0941. The normalized spacial score (nSPS) is 18.4. The van der Waals surface area contributed by atoms with Gasteiger partial charge in [0.2, 0.25) is 0 Å². The first-order valence-electron chi connectivity index (χ1n) is 8.50. The van der Waals surface area contributed by atoms with Crippen LogP contribution in [0.4, 0.5) is 5.82 Å². The number of carbonyl (C=O) groups is 1. The van der Waals surface area contributed by atoms with Gasteiger partial charge < -0.3 is 10.2 Å². The van der Waals surface area contributed by atoms with Gasteiger partial charge in [0.1, 0.15) is 5.82 Å². The van der Waals surface area contributed by atoms with E-state index in [1.165, 1.54) is 5.56 Å². The molecule has 8 heteroatoms. The Bertz CT molecular complexity index is 871. The molecule has 3 heterocycles. The molecule has 3 rings (SSSR count). The van der Waals surface area contributed by atoms with E-state index in [4.69, 9.17) is 0 Å². The summed E-state index contributed by atoms with van der Waals surface area (Å²) in [6, 6.07) is 7.00. The van der Waals surface area contributed by atoms with E-state index in [-0.39, 0.29) is 23.5 Å². The van der Waals surface area contributed by atoms with Gasteiger partial charge in [0.25, 0.3) is 5.91 Å². The molecule has 0 saturated carbocycles. The summed E-state index contributed by atoms with van der Waals surface area (Å²) in [6.45, 7) is 0.753. The Hall–Kier alpha value is -2.48. The van der Waals surface area contributed by atoms with Crippen LogP contribution in [0.15, 0.2) is 42.9 Å². The van der Waals surface area contributed by atoms with Gasteiger partial charge in [-0.05, 0) is 42.7 Å². The third-order valence-electron chi connectivity index (χ3n) is 4.45. The molecule has 1 aliphatic heterocycles. The molecule has 0 aromatic carbocycles. The summed E-state index contributed by atoms with van der Waals surface area (Å²) >= 11 is 0. The quantitative estimate of drug-likeness (QED) is 0.813. The summed E-state index contributed by atoms with van der Waals surface area (Å²) in [5.41, 5.74) is 1.67. The maximum atomic E-state index is 12.4. The van der Waals surface area contributed by atoms with Crippen molar-refractivity contribution in [3.63, 3.8) is 0 Å². The van der Waals surface area contributed by atoms with Gasteiger partial charge >= 0.3 is 0 Å². The molecule has 0 spiro atoms. The second-order valence-electron chi connectivity index (χ2n) is 6.50. The smallest absolute Gasteiger partial charge is 0.251 e. The fourth-order valence-electron chi connectivity index (χ4n) is 2.91. The maximum absolute atomic E-state index is 12.4. The molecule has 1 saturated heterocycles. The number of hydrogen-bond donors (Lipinski definition) is 1. The zero-order chi connectivity index (χ0) is 18.6. The van der Waals surface area contributed by atoms with Crippen LogP contribution in [0, 0.1) is 0 Å². The number of hydrogen-bond acceptors (Lipinski definition) is 6. The highest BCUT2D eigenvalue weighted by atomic mass is 32.2. The van der Waals surface area contributed by atoms with Crippen molar-refractivity contribution in [2.75, 3.05) is 30.0 Å². The number of sulfone groups is 1. The summed E-state index contributed by atoms with van der Waals surface area (Å²) in [4.78, 5) is 22.7. The van der Waals surface area contributed by atoms with Crippen molar-refractivity contribution < 1.29 is 13.2 Å². The van der Waals surface area contributed by atoms with E-state index in [9.17, 15) is 13.2 Å². The van der Waals surface area contributed by atoms with Crippen LogP contribution in [0.3, 0.4) is 0 Å². The van der Waals surface area contributed by atoms with Crippen molar-refractivity contribution in [3.8, 4) is 0 Å². The lowest BCUT2D eigenvalue weighted by Gasteiger charge is -2.19. The van der Waals surface area contributed by atoms with Crippen molar-refractivity contribution in [2.24, 2.45) is 0 Å². The molecule has 26 heavy (non-hydrogen) atoms. The predicted molar refractivity (Wildman–Crippen MR) is 100.0 cm³/mol. The first-order valence-corrected chi connectivity index (χ1v) is 10.3. The molecular weight excluding hydrogens is 352 g/mol. The zero-order valence-electron chi connectivity index (χ0n) is 14.6. The molecule has 2 aromatic heterocycles. The van der Waals surface area contributed by atoms with Crippen LogP contribution >= 0.6 is 0 Å². The Morgan fingerprint density at radius 1 is 1.27 bits per heavy atom. The first-order chi connectivity index (χ1) is 12.4. The van der Waals surface area contributed by atoms with Crippen molar-refractivity contribution in [1.82, 2.24) is 15.3 Å². The molecule has 1 fully saturated rings. The summed E-state index contributed by atoms with van der Waals surface area (Å²) in [5, 5.41) is 2.80. The van der Waals surface area contributed by atoms with E-state index < -0.39 is 9.84 Å². The maximum Gasteiger partial charge on any atom is 0.251 e. The number of nitrogens with one attached hydrogen (secondary N) is 1. The molecule has 1 amide bonds. The molecular formula is C18H22N4O3S. The summed E-state index contributed by atoms with van der Waals surface area (Å²) in [7, 11) is -1.09. The van der Waals surface area contributed by atoms with Crippen molar-refractivity contribution in [3.05, 3.63) is 54.0 Å². The van der Waals surface area contributed by atoms with Gasteiger partial charge in [-0.3, -0.25) is 9.78 Å². The highest BCUT2D eigenvalue weighted by Crippen LogP contribution is 2.15. The predicted octanol–water partition coefficient (Wildman–Crippen LogP) is 1.07. The molecule has 0 radical (unpaired) electrons. The first kappa shape index (κ1) is 18.3. The number of pyridine rings is 2. The van der Waals surface area contributed by atoms with Gasteiger partial charge in [0, 0.05) is 43.8 Å². The fourth-order valence-corrected chi connectivity index (χ4v) is 4.58. The number of aromatic nitrogens is 2. The highest BCUT2D eigenvalue weighted by Gasteiger charge is 2.29. The Balaban J connectivity index is 1.61. The average molecular weight is 374 g/mol. The minimum atomic E-state index is -3.02. The van der Waals surface area contributed by atoms with Crippen LogP contribution < -0.4 is 10.2 Å². The van der Waals surface area contributed by atoms with Gasteiger partial charge in [0.05, 0.1) is 11.5 Å². The van der Waals surface area contributed by atoms with E-state index in [1.54, 1.807) is 30.7 Å². The number of anilines is 1. The summed E-state index contributed by atoms with van der Waals surface area (Å²) < 4.78 is 23.0. The zero-order valence-corrected chi connectivity index (χ0v) is 15.4. The second kappa shape index (κ2) is 7.82. The van der Waals surface area contributed by atoms with Crippen molar-refractivity contribution in [2.45, 2.75) is 18.9 Å². The lowest BCUT2D eigenvalue weighted by atomic mass is 10.2. The third-order valence-corrected chi connectivity index (χ3v) is 6.22. The van der Waals surface area contributed by atoms with Gasteiger partial charge in [-0.15, -0.1) is 0 Å². The molecule has 138 valence electrons. The number of amides is 1. The van der Waals surface area contributed by atoms with Crippen LogP contribution in [-0.4, -0.2) is 55.4 Å². The van der Waals surface area contributed by atoms with Gasteiger partial charge in [0.15, 0.2) is 9.84 Å². The highest BCUT2D eigenvalue weighted by molar-refractivity contribution is 7.91. The minimum Gasteiger partial charge on any atom is -0.359 e. The number of rotatable bonds is 6. The van der Waals surface area contributed by atoms with E-state index >= 15 is 0 Å². The number of nitrogens with zero attached hydrogens (tertiary/aromatic N) is 3. The fraction of sp³-hybridized carbons (Fsp3) is 0.389. The largest absolute Gasteiger partial charge is 0.359 e. The molecule has 1 aliphatic rings. The Labute approximate surface area is 153 Å². The van der Waals surface area contributed by atoms with Gasteiger partial charge in [-0.1, -0.05) is 0 Å². The molecule has 2 aromatic rings. The summed E-state index contributed by atoms with van der Waals surface area (Å²) in [5.74, 6) is 0.587.